The van der Waals surface area contributed by atoms with E-state index in [9.17, 15) is 9.59 Å². The van der Waals surface area contributed by atoms with Gasteiger partial charge in [-0.05, 0) is 49.7 Å². The highest BCUT2D eigenvalue weighted by atomic mass is 35.5. The smallest absolute Gasteiger partial charge is 0.316 e. The SMILES string of the molecule is CCN(C(=O)C(=O)Nc1ccc(Cl)c(Cl)c1)c1cccc(C)c1. The van der Waals surface area contributed by atoms with Crippen molar-refractivity contribution in [2.24, 2.45) is 0 Å². The molecule has 0 bridgehead atoms. The Morgan fingerprint density at radius 2 is 1.83 bits per heavy atom. The summed E-state index contributed by atoms with van der Waals surface area (Å²) in [5.41, 5.74) is 2.11. The zero-order chi connectivity index (χ0) is 17.0. The number of likely N-dealkylation sites (N-methyl/N-ethyl adjacent to an activating group) is 1. The lowest BCUT2D eigenvalue weighted by Crippen LogP contribution is -2.39. The fraction of sp³-hybridized carbons (Fsp3) is 0.176. The highest BCUT2D eigenvalue weighted by Crippen LogP contribution is 2.25. The van der Waals surface area contributed by atoms with Crippen LogP contribution in [0.15, 0.2) is 42.5 Å². The van der Waals surface area contributed by atoms with Gasteiger partial charge in [0.1, 0.15) is 0 Å². The topological polar surface area (TPSA) is 49.4 Å². The Bertz CT molecular complexity index is 747. The van der Waals surface area contributed by atoms with Crippen molar-refractivity contribution in [3.8, 4) is 0 Å². The normalized spacial score (nSPS) is 10.3. The van der Waals surface area contributed by atoms with Crippen molar-refractivity contribution in [2.75, 3.05) is 16.8 Å². The summed E-state index contributed by atoms with van der Waals surface area (Å²) in [5.74, 6) is -1.36. The molecule has 2 aromatic rings. The van der Waals surface area contributed by atoms with Crippen LogP contribution < -0.4 is 10.2 Å². The lowest BCUT2D eigenvalue weighted by molar-refractivity contribution is -0.134. The molecule has 1 N–H and O–H groups in total. The number of halogens is 2. The van der Waals surface area contributed by atoms with Crippen LogP contribution >= 0.6 is 23.2 Å². The van der Waals surface area contributed by atoms with E-state index in [1.165, 1.54) is 11.0 Å². The number of nitrogens with zero attached hydrogens (tertiary/aromatic N) is 1. The van der Waals surface area contributed by atoms with Gasteiger partial charge in [-0.15, -0.1) is 0 Å². The number of hydrogen-bond acceptors (Lipinski definition) is 2. The van der Waals surface area contributed by atoms with E-state index >= 15 is 0 Å². The molecule has 0 atom stereocenters. The molecule has 23 heavy (non-hydrogen) atoms. The molecule has 0 saturated heterocycles. The molecule has 4 nitrogen and oxygen atoms in total. The third kappa shape index (κ3) is 4.24. The molecule has 2 aromatic carbocycles. The van der Waals surface area contributed by atoms with Gasteiger partial charge in [0.25, 0.3) is 0 Å². The molecule has 0 aliphatic heterocycles. The van der Waals surface area contributed by atoms with Crippen LogP contribution in [0.3, 0.4) is 0 Å². The maximum Gasteiger partial charge on any atom is 0.316 e. The molecule has 2 amide bonds. The van der Waals surface area contributed by atoms with Crippen molar-refractivity contribution >= 4 is 46.4 Å². The van der Waals surface area contributed by atoms with Gasteiger partial charge < -0.3 is 10.2 Å². The number of hydrogen-bond donors (Lipinski definition) is 1. The standard InChI is InChI=1S/C17H16Cl2N2O2/c1-3-21(13-6-4-5-11(2)9-13)17(23)16(22)20-12-7-8-14(18)15(19)10-12/h4-10H,3H2,1-2H3,(H,20,22). The fourth-order valence-corrected chi connectivity index (χ4v) is 2.42. The summed E-state index contributed by atoms with van der Waals surface area (Å²) in [5, 5.41) is 3.22. The van der Waals surface area contributed by atoms with Gasteiger partial charge in [0.2, 0.25) is 0 Å². The van der Waals surface area contributed by atoms with Crippen LogP contribution in [0.2, 0.25) is 10.0 Å². The summed E-state index contributed by atoms with van der Waals surface area (Å²) in [7, 11) is 0. The summed E-state index contributed by atoms with van der Waals surface area (Å²) in [6.45, 7) is 4.13. The Kier molecular flexibility index (Phi) is 5.64. The van der Waals surface area contributed by atoms with Crippen LogP contribution in [-0.4, -0.2) is 18.4 Å². The number of benzene rings is 2. The Hall–Kier alpha value is -2.04. The zero-order valence-corrected chi connectivity index (χ0v) is 14.3. The van der Waals surface area contributed by atoms with Crippen molar-refractivity contribution in [1.82, 2.24) is 0 Å². The number of carbonyl (C=O) groups excluding carboxylic acids is 2. The summed E-state index contributed by atoms with van der Waals surface area (Å²) in [6, 6.07) is 12.1. The summed E-state index contributed by atoms with van der Waals surface area (Å²) in [4.78, 5) is 26.0. The molecule has 0 unspecified atom stereocenters. The first-order valence-corrected chi connectivity index (χ1v) is 7.82. The van der Waals surface area contributed by atoms with Crippen molar-refractivity contribution in [2.45, 2.75) is 13.8 Å². The van der Waals surface area contributed by atoms with Crippen molar-refractivity contribution < 1.29 is 9.59 Å². The Morgan fingerprint density at radius 3 is 2.43 bits per heavy atom. The first-order chi connectivity index (χ1) is 10.9. The van der Waals surface area contributed by atoms with Gasteiger partial charge in [0, 0.05) is 17.9 Å². The van der Waals surface area contributed by atoms with Gasteiger partial charge in [-0.2, -0.15) is 0 Å². The van der Waals surface area contributed by atoms with Crippen molar-refractivity contribution in [3.63, 3.8) is 0 Å². The molecular weight excluding hydrogens is 335 g/mol. The van der Waals surface area contributed by atoms with Gasteiger partial charge >= 0.3 is 11.8 Å². The van der Waals surface area contributed by atoms with E-state index in [1.807, 2.05) is 32.0 Å². The number of anilines is 2. The average Bonchev–Trinajstić information content (AvgIpc) is 2.51. The van der Waals surface area contributed by atoms with E-state index in [4.69, 9.17) is 23.2 Å². The highest BCUT2D eigenvalue weighted by Gasteiger charge is 2.22. The number of aryl methyl sites for hydroxylation is 1. The maximum atomic E-state index is 12.4. The summed E-state index contributed by atoms with van der Waals surface area (Å²) < 4.78 is 0. The van der Waals surface area contributed by atoms with Gasteiger partial charge in [-0.25, -0.2) is 0 Å². The first-order valence-electron chi connectivity index (χ1n) is 7.07. The van der Waals surface area contributed by atoms with Crippen LogP contribution in [0.5, 0.6) is 0 Å². The predicted octanol–water partition coefficient (Wildman–Crippen LogP) is 4.29. The van der Waals surface area contributed by atoms with Gasteiger partial charge in [-0.3, -0.25) is 9.59 Å². The minimum Gasteiger partial charge on any atom is -0.318 e. The highest BCUT2D eigenvalue weighted by molar-refractivity contribution is 6.45. The van der Waals surface area contributed by atoms with Crippen LogP contribution in [0.1, 0.15) is 12.5 Å². The van der Waals surface area contributed by atoms with Crippen LogP contribution in [0.25, 0.3) is 0 Å². The molecule has 0 fully saturated rings. The zero-order valence-electron chi connectivity index (χ0n) is 12.8. The second-order valence-corrected chi connectivity index (χ2v) is 5.79. The van der Waals surface area contributed by atoms with Gasteiger partial charge in [0.15, 0.2) is 0 Å². The second-order valence-electron chi connectivity index (χ2n) is 4.97. The van der Waals surface area contributed by atoms with E-state index in [0.29, 0.717) is 28.0 Å². The number of carbonyl (C=O) groups is 2. The molecule has 0 spiro atoms. The predicted molar refractivity (Wildman–Crippen MR) is 94.3 cm³/mol. The maximum absolute atomic E-state index is 12.4. The largest absolute Gasteiger partial charge is 0.318 e. The Labute approximate surface area is 145 Å². The molecule has 6 heteroatoms. The van der Waals surface area contributed by atoms with E-state index in [1.54, 1.807) is 18.2 Å². The second kappa shape index (κ2) is 7.49. The first kappa shape index (κ1) is 17.3. The van der Waals surface area contributed by atoms with E-state index in [2.05, 4.69) is 5.32 Å². The quantitative estimate of drug-likeness (QED) is 0.839. The molecule has 2 rings (SSSR count). The third-order valence-electron chi connectivity index (χ3n) is 3.25. The minimum atomic E-state index is -0.730. The van der Waals surface area contributed by atoms with Crippen LogP contribution in [0, 0.1) is 6.92 Å². The molecule has 120 valence electrons. The Balaban J connectivity index is 2.17. The molecule has 0 saturated carbocycles. The summed E-state index contributed by atoms with van der Waals surface area (Å²) >= 11 is 11.7. The Morgan fingerprint density at radius 1 is 1.09 bits per heavy atom. The van der Waals surface area contributed by atoms with Crippen LogP contribution in [0.4, 0.5) is 11.4 Å². The molecule has 0 radical (unpaired) electrons. The monoisotopic (exact) mass is 350 g/mol. The number of nitrogens with one attached hydrogen (secondary N) is 1. The lowest BCUT2D eigenvalue weighted by Gasteiger charge is -2.20. The van der Waals surface area contributed by atoms with E-state index < -0.39 is 11.8 Å². The minimum absolute atomic E-state index is 0.308. The molecule has 0 heterocycles. The van der Waals surface area contributed by atoms with Crippen molar-refractivity contribution in [3.05, 3.63) is 58.1 Å². The van der Waals surface area contributed by atoms with Crippen molar-refractivity contribution in [1.29, 1.82) is 0 Å². The number of rotatable bonds is 3. The van der Waals surface area contributed by atoms with E-state index in [0.717, 1.165) is 5.56 Å². The fourth-order valence-electron chi connectivity index (χ4n) is 2.12. The van der Waals surface area contributed by atoms with Gasteiger partial charge in [-0.1, -0.05) is 35.3 Å². The van der Waals surface area contributed by atoms with Crippen LogP contribution in [-0.2, 0) is 9.59 Å². The molecular formula is C17H16Cl2N2O2. The summed E-state index contributed by atoms with van der Waals surface area (Å²) in [6.07, 6.45) is 0. The molecule has 0 aliphatic carbocycles. The molecule has 0 aromatic heterocycles. The van der Waals surface area contributed by atoms with E-state index in [-0.39, 0.29) is 0 Å². The average molecular weight is 351 g/mol. The third-order valence-corrected chi connectivity index (χ3v) is 3.99. The van der Waals surface area contributed by atoms with Gasteiger partial charge in [0.05, 0.1) is 10.0 Å². The number of amides is 2. The lowest BCUT2D eigenvalue weighted by atomic mass is 10.2. The molecule has 0 aliphatic rings.